The van der Waals surface area contributed by atoms with Crippen LogP contribution in [0.3, 0.4) is 0 Å². The van der Waals surface area contributed by atoms with Gasteiger partial charge in [-0.15, -0.1) is 0 Å². The fourth-order valence-electron chi connectivity index (χ4n) is 1.70. The number of rotatable bonds is 5. The minimum Gasteiger partial charge on any atom is -0.383 e. The highest BCUT2D eigenvalue weighted by atomic mass is 15.1. The third kappa shape index (κ3) is 2.97. The van der Waals surface area contributed by atoms with Crippen LogP contribution in [-0.4, -0.2) is 16.5 Å². The van der Waals surface area contributed by atoms with Gasteiger partial charge in [0.1, 0.15) is 5.82 Å². The van der Waals surface area contributed by atoms with Crippen LogP contribution in [0.2, 0.25) is 0 Å². The first-order valence-corrected chi connectivity index (χ1v) is 6.23. The average molecular weight is 242 g/mol. The quantitative estimate of drug-likeness (QED) is 0.791. The lowest BCUT2D eigenvalue weighted by molar-refractivity contribution is 0.826. The largest absolute Gasteiger partial charge is 0.383 e. The van der Waals surface area contributed by atoms with Crippen molar-refractivity contribution in [3.8, 4) is 11.1 Å². The predicted octanol–water partition coefficient (Wildman–Crippen LogP) is 2.94. The first-order chi connectivity index (χ1) is 8.81. The number of unbranched alkanes of at least 4 members (excludes halogenated alkanes) is 1. The van der Waals surface area contributed by atoms with E-state index in [0.717, 1.165) is 30.5 Å². The van der Waals surface area contributed by atoms with E-state index in [4.69, 9.17) is 5.73 Å². The Labute approximate surface area is 107 Å². The summed E-state index contributed by atoms with van der Waals surface area (Å²) >= 11 is 0. The molecule has 0 spiro atoms. The van der Waals surface area contributed by atoms with Crippen LogP contribution in [0.1, 0.15) is 19.8 Å². The number of hydrogen-bond acceptors (Lipinski definition) is 4. The fourth-order valence-corrected chi connectivity index (χ4v) is 1.70. The smallest absolute Gasteiger partial charge is 0.224 e. The summed E-state index contributed by atoms with van der Waals surface area (Å²) in [4.78, 5) is 8.56. The first-order valence-electron chi connectivity index (χ1n) is 6.23. The summed E-state index contributed by atoms with van der Waals surface area (Å²) in [5.74, 6) is 1.11. The minimum absolute atomic E-state index is 0.509. The lowest BCUT2D eigenvalue weighted by Crippen LogP contribution is -2.07. The number of nitrogen functional groups attached to an aromatic ring is 1. The maximum atomic E-state index is 5.97. The van der Waals surface area contributed by atoms with E-state index < -0.39 is 0 Å². The highest BCUT2D eigenvalue weighted by Gasteiger charge is 2.05. The molecule has 0 atom stereocenters. The molecule has 0 bridgehead atoms. The Kier molecular flexibility index (Phi) is 4.12. The predicted molar refractivity (Wildman–Crippen MR) is 75.3 cm³/mol. The van der Waals surface area contributed by atoms with E-state index >= 15 is 0 Å². The van der Waals surface area contributed by atoms with Gasteiger partial charge in [-0.2, -0.15) is 4.98 Å². The van der Waals surface area contributed by atoms with E-state index in [-0.39, 0.29) is 0 Å². The van der Waals surface area contributed by atoms with Crippen molar-refractivity contribution in [3.63, 3.8) is 0 Å². The molecular weight excluding hydrogens is 224 g/mol. The monoisotopic (exact) mass is 242 g/mol. The molecule has 0 amide bonds. The highest BCUT2D eigenvalue weighted by Crippen LogP contribution is 2.23. The molecule has 0 radical (unpaired) electrons. The van der Waals surface area contributed by atoms with Gasteiger partial charge in [-0.25, -0.2) is 4.98 Å². The normalized spacial score (nSPS) is 10.3. The van der Waals surface area contributed by atoms with Crippen LogP contribution >= 0.6 is 0 Å². The molecule has 1 aromatic carbocycles. The number of nitrogens with two attached hydrogens (primary N) is 1. The molecule has 1 aromatic heterocycles. The molecule has 3 N–H and O–H groups in total. The molecule has 0 saturated heterocycles. The van der Waals surface area contributed by atoms with E-state index in [1.54, 1.807) is 6.20 Å². The molecule has 0 aliphatic heterocycles. The van der Waals surface area contributed by atoms with Crippen molar-refractivity contribution in [2.75, 3.05) is 17.6 Å². The number of nitrogens with zero attached hydrogens (tertiary/aromatic N) is 2. The summed E-state index contributed by atoms with van der Waals surface area (Å²) in [6.07, 6.45) is 4.01. The van der Waals surface area contributed by atoms with Crippen molar-refractivity contribution in [1.29, 1.82) is 0 Å². The molecule has 0 saturated carbocycles. The zero-order chi connectivity index (χ0) is 12.8. The van der Waals surface area contributed by atoms with Gasteiger partial charge < -0.3 is 11.1 Å². The second-order valence-electron chi connectivity index (χ2n) is 4.14. The summed E-state index contributed by atoms with van der Waals surface area (Å²) < 4.78 is 0. The van der Waals surface area contributed by atoms with Gasteiger partial charge in [-0.3, -0.25) is 0 Å². The summed E-state index contributed by atoms with van der Waals surface area (Å²) in [6, 6.07) is 9.92. The summed E-state index contributed by atoms with van der Waals surface area (Å²) in [5, 5.41) is 3.16. The second-order valence-corrected chi connectivity index (χ2v) is 4.14. The third-order valence-corrected chi connectivity index (χ3v) is 2.72. The third-order valence-electron chi connectivity index (χ3n) is 2.72. The van der Waals surface area contributed by atoms with Crippen LogP contribution in [0.15, 0.2) is 36.5 Å². The van der Waals surface area contributed by atoms with E-state index in [1.165, 1.54) is 0 Å². The van der Waals surface area contributed by atoms with Crippen LogP contribution in [0.5, 0.6) is 0 Å². The Hall–Kier alpha value is -2.10. The maximum absolute atomic E-state index is 5.97. The van der Waals surface area contributed by atoms with E-state index in [0.29, 0.717) is 11.8 Å². The lowest BCUT2D eigenvalue weighted by Gasteiger charge is -2.08. The van der Waals surface area contributed by atoms with Gasteiger partial charge in [0, 0.05) is 18.3 Å². The first kappa shape index (κ1) is 12.4. The summed E-state index contributed by atoms with van der Waals surface area (Å²) in [6.45, 7) is 3.02. The number of aromatic nitrogens is 2. The number of benzene rings is 1. The Morgan fingerprint density at radius 3 is 2.67 bits per heavy atom. The summed E-state index contributed by atoms with van der Waals surface area (Å²) in [7, 11) is 0. The molecular formula is C14H18N4. The maximum Gasteiger partial charge on any atom is 0.224 e. The Balaban J connectivity index is 2.15. The van der Waals surface area contributed by atoms with E-state index in [9.17, 15) is 0 Å². The molecule has 0 aliphatic rings. The second kappa shape index (κ2) is 6.00. The van der Waals surface area contributed by atoms with Gasteiger partial charge in [0.15, 0.2) is 0 Å². The number of nitrogens with one attached hydrogen (secondary N) is 1. The molecule has 4 nitrogen and oxygen atoms in total. The molecule has 18 heavy (non-hydrogen) atoms. The van der Waals surface area contributed by atoms with Gasteiger partial charge in [-0.05, 0) is 12.0 Å². The molecule has 2 rings (SSSR count). The molecule has 2 aromatic rings. The molecule has 94 valence electrons. The van der Waals surface area contributed by atoms with E-state index in [2.05, 4.69) is 22.2 Å². The van der Waals surface area contributed by atoms with E-state index in [1.807, 2.05) is 30.3 Å². The van der Waals surface area contributed by atoms with Gasteiger partial charge in [-0.1, -0.05) is 43.7 Å². The number of anilines is 2. The van der Waals surface area contributed by atoms with Crippen molar-refractivity contribution in [3.05, 3.63) is 36.5 Å². The molecule has 0 unspecified atom stereocenters. The highest BCUT2D eigenvalue weighted by molar-refractivity contribution is 5.73. The topological polar surface area (TPSA) is 63.8 Å². The van der Waals surface area contributed by atoms with Crippen molar-refractivity contribution >= 4 is 11.8 Å². The van der Waals surface area contributed by atoms with Crippen molar-refractivity contribution < 1.29 is 0 Å². The zero-order valence-corrected chi connectivity index (χ0v) is 10.6. The SMILES string of the molecule is CCCCNc1ncc(-c2ccccc2)c(N)n1. The molecule has 0 fully saturated rings. The summed E-state index contributed by atoms with van der Waals surface area (Å²) in [5.41, 5.74) is 7.88. The molecule has 4 heteroatoms. The van der Waals surface area contributed by atoms with Crippen molar-refractivity contribution in [2.45, 2.75) is 19.8 Å². The van der Waals surface area contributed by atoms with Gasteiger partial charge in [0.25, 0.3) is 0 Å². The van der Waals surface area contributed by atoms with Crippen LogP contribution in [0.4, 0.5) is 11.8 Å². The standard InChI is InChI=1S/C14H18N4/c1-2-3-9-16-14-17-10-12(13(15)18-14)11-7-5-4-6-8-11/h4-8,10H,2-3,9H2,1H3,(H3,15,16,17,18). The van der Waals surface area contributed by atoms with Crippen molar-refractivity contribution in [2.24, 2.45) is 0 Å². The van der Waals surface area contributed by atoms with Crippen molar-refractivity contribution in [1.82, 2.24) is 9.97 Å². The van der Waals surface area contributed by atoms with Crippen LogP contribution in [0, 0.1) is 0 Å². The van der Waals surface area contributed by atoms with Gasteiger partial charge in [0.05, 0.1) is 0 Å². The Bertz CT molecular complexity index is 496. The van der Waals surface area contributed by atoms with Gasteiger partial charge >= 0.3 is 0 Å². The Morgan fingerprint density at radius 1 is 1.22 bits per heavy atom. The zero-order valence-electron chi connectivity index (χ0n) is 10.6. The van der Waals surface area contributed by atoms with Crippen LogP contribution in [-0.2, 0) is 0 Å². The fraction of sp³-hybridized carbons (Fsp3) is 0.286. The van der Waals surface area contributed by atoms with Gasteiger partial charge in [0.2, 0.25) is 5.95 Å². The minimum atomic E-state index is 0.509. The molecule has 0 aliphatic carbocycles. The van der Waals surface area contributed by atoms with Crippen LogP contribution in [0.25, 0.3) is 11.1 Å². The number of hydrogen-bond donors (Lipinski definition) is 2. The van der Waals surface area contributed by atoms with Crippen LogP contribution < -0.4 is 11.1 Å². The average Bonchev–Trinajstić information content (AvgIpc) is 2.40. The molecule has 1 heterocycles. The Morgan fingerprint density at radius 2 is 2.00 bits per heavy atom. The lowest BCUT2D eigenvalue weighted by atomic mass is 10.1.